The molecule has 0 aromatic carbocycles. The highest BCUT2D eigenvalue weighted by atomic mass is 14.8. The molecule has 17 heavy (non-hydrogen) atoms. The third-order valence-corrected chi connectivity index (χ3v) is 8.49. The summed E-state index contributed by atoms with van der Waals surface area (Å²) in [4.78, 5) is 0. The summed E-state index contributed by atoms with van der Waals surface area (Å²) >= 11 is 0. The third-order valence-electron chi connectivity index (χ3n) is 8.49. The zero-order valence-corrected chi connectivity index (χ0v) is 13.9. The molecule has 2 atom stereocenters. The molecule has 0 heterocycles. The first-order valence-corrected chi connectivity index (χ1v) is 7.37. The van der Waals surface area contributed by atoms with E-state index in [1.807, 2.05) is 0 Å². The average molecular weight is 238 g/mol. The molecule has 0 aromatic heterocycles. The third kappa shape index (κ3) is 1.21. The van der Waals surface area contributed by atoms with Crippen molar-refractivity contribution in [2.45, 2.75) is 82.1 Å². The Morgan fingerprint density at radius 3 is 0.824 bits per heavy atom. The zero-order valence-electron chi connectivity index (χ0n) is 13.9. The molecular formula is C17H34. The van der Waals surface area contributed by atoms with Crippen molar-refractivity contribution >= 4 is 0 Å². The van der Waals surface area contributed by atoms with Gasteiger partial charge in [0.15, 0.2) is 0 Å². The summed E-state index contributed by atoms with van der Waals surface area (Å²) in [5.74, 6) is 0. The molecule has 1 saturated carbocycles. The highest BCUT2D eigenvalue weighted by molar-refractivity contribution is 5.21. The minimum absolute atomic E-state index is 0.364. The lowest BCUT2D eigenvalue weighted by atomic mass is 9.54. The first-order chi connectivity index (χ1) is 7.37. The maximum Gasteiger partial charge on any atom is -0.0215 e. The average Bonchev–Trinajstić information content (AvgIpc) is 2.29. The maximum atomic E-state index is 2.52. The maximum absolute atomic E-state index is 2.52. The molecule has 1 aliphatic carbocycles. The monoisotopic (exact) mass is 238 g/mol. The Bertz CT molecular complexity index is 278. The van der Waals surface area contributed by atoms with E-state index in [4.69, 9.17) is 0 Å². The van der Waals surface area contributed by atoms with E-state index in [0.29, 0.717) is 27.1 Å². The summed E-state index contributed by atoms with van der Waals surface area (Å²) in [5, 5.41) is 0. The van der Waals surface area contributed by atoms with Gasteiger partial charge in [0.1, 0.15) is 0 Å². The van der Waals surface area contributed by atoms with Crippen molar-refractivity contribution in [2.75, 3.05) is 0 Å². The standard InChI is InChI=1S/C17H34/c1-11-16(9)13(3,4)14(5,6)17(10,12-2)15(16,7)8/h11-12H2,1-10H3. The fraction of sp³-hybridized carbons (Fsp3) is 1.00. The molecule has 0 aromatic rings. The molecule has 0 amide bonds. The van der Waals surface area contributed by atoms with Crippen molar-refractivity contribution < 1.29 is 0 Å². The van der Waals surface area contributed by atoms with E-state index in [9.17, 15) is 0 Å². The van der Waals surface area contributed by atoms with E-state index >= 15 is 0 Å². The molecule has 1 rings (SSSR count). The van der Waals surface area contributed by atoms with Gasteiger partial charge in [-0.2, -0.15) is 0 Å². The van der Waals surface area contributed by atoms with Gasteiger partial charge in [-0.25, -0.2) is 0 Å². The quantitative estimate of drug-likeness (QED) is 0.561. The van der Waals surface area contributed by atoms with Crippen LogP contribution in [0.15, 0.2) is 0 Å². The van der Waals surface area contributed by atoms with Crippen LogP contribution in [-0.4, -0.2) is 0 Å². The van der Waals surface area contributed by atoms with Gasteiger partial charge in [-0.3, -0.25) is 0 Å². The van der Waals surface area contributed by atoms with Gasteiger partial charge in [-0.15, -0.1) is 0 Å². The first kappa shape index (κ1) is 15.1. The largest absolute Gasteiger partial charge is 0.0648 e. The Labute approximate surface area is 110 Å². The number of hydrogen-bond acceptors (Lipinski definition) is 0. The first-order valence-electron chi connectivity index (χ1n) is 7.37. The fourth-order valence-corrected chi connectivity index (χ4v) is 5.32. The van der Waals surface area contributed by atoms with Crippen LogP contribution in [0.25, 0.3) is 0 Å². The van der Waals surface area contributed by atoms with E-state index < -0.39 is 0 Å². The molecule has 0 spiro atoms. The van der Waals surface area contributed by atoms with Gasteiger partial charge >= 0.3 is 0 Å². The summed E-state index contributed by atoms with van der Waals surface area (Å²) in [6.07, 6.45) is 2.54. The van der Waals surface area contributed by atoms with Gasteiger partial charge in [0.2, 0.25) is 0 Å². The molecule has 0 heteroatoms. The molecule has 1 fully saturated rings. The predicted molar refractivity (Wildman–Crippen MR) is 78.1 cm³/mol. The van der Waals surface area contributed by atoms with Crippen molar-refractivity contribution in [3.63, 3.8) is 0 Å². The van der Waals surface area contributed by atoms with Crippen molar-refractivity contribution in [1.29, 1.82) is 0 Å². The molecule has 2 unspecified atom stereocenters. The Hall–Kier alpha value is 0. The SMILES string of the molecule is CCC1(C)C(C)(C)C(C)(C)C(C)(CC)C1(C)C. The van der Waals surface area contributed by atoms with Crippen LogP contribution in [0, 0.1) is 27.1 Å². The second-order valence-electron chi connectivity index (χ2n) is 8.25. The van der Waals surface area contributed by atoms with Crippen molar-refractivity contribution in [1.82, 2.24) is 0 Å². The highest BCUT2D eigenvalue weighted by Gasteiger charge is 2.73. The van der Waals surface area contributed by atoms with Crippen LogP contribution in [0.2, 0.25) is 0 Å². The van der Waals surface area contributed by atoms with Crippen molar-refractivity contribution in [2.24, 2.45) is 27.1 Å². The topological polar surface area (TPSA) is 0 Å². The Balaban J connectivity index is 3.62. The lowest BCUT2D eigenvalue weighted by Gasteiger charge is -2.50. The van der Waals surface area contributed by atoms with E-state index in [1.54, 1.807) is 0 Å². The minimum atomic E-state index is 0.364. The van der Waals surface area contributed by atoms with Crippen LogP contribution in [0.5, 0.6) is 0 Å². The van der Waals surface area contributed by atoms with E-state index in [0.717, 1.165) is 0 Å². The van der Waals surface area contributed by atoms with Gasteiger partial charge in [0.25, 0.3) is 0 Å². The summed E-state index contributed by atoms with van der Waals surface area (Å²) in [5.41, 5.74) is 1.89. The molecule has 0 N–H and O–H groups in total. The lowest BCUT2D eigenvalue weighted by molar-refractivity contribution is -0.0162. The Kier molecular flexibility index (Phi) is 3.11. The Morgan fingerprint density at radius 2 is 0.706 bits per heavy atom. The van der Waals surface area contributed by atoms with Crippen LogP contribution >= 0.6 is 0 Å². The molecule has 0 bridgehead atoms. The molecule has 0 nitrogen and oxygen atoms in total. The highest BCUT2D eigenvalue weighted by Crippen LogP contribution is 2.79. The van der Waals surface area contributed by atoms with Crippen LogP contribution < -0.4 is 0 Å². The lowest BCUT2D eigenvalue weighted by Crippen LogP contribution is -2.43. The number of hydrogen-bond donors (Lipinski definition) is 0. The van der Waals surface area contributed by atoms with E-state index in [1.165, 1.54) is 12.8 Å². The summed E-state index contributed by atoms with van der Waals surface area (Å²) in [6.45, 7) is 24.8. The fourth-order valence-electron chi connectivity index (χ4n) is 5.32. The van der Waals surface area contributed by atoms with Crippen LogP contribution in [0.4, 0.5) is 0 Å². The van der Waals surface area contributed by atoms with Crippen LogP contribution in [0.1, 0.15) is 82.1 Å². The van der Waals surface area contributed by atoms with Crippen LogP contribution in [-0.2, 0) is 0 Å². The minimum Gasteiger partial charge on any atom is -0.0648 e. The molecule has 102 valence electrons. The molecule has 0 aliphatic heterocycles. The van der Waals surface area contributed by atoms with Crippen molar-refractivity contribution in [3.05, 3.63) is 0 Å². The molecule has 0 saturated heterocycles. The predicted octanol–water partition coefficient (Wildman–Crippen LogP) is 5.91. The van der Waals surface area contributed by atoms with Gasteiger partial charge in [0, 0.05) is 0 Å². The van der Waals surface area contributed by atoms with Gasteiger partial charge < -0.3 is 0 Å². The van der Waals surface area contributed by atoms with E-state index in [-0.39, 0.29) is 0 Å². The smallest absolute Gasteiger partial charge is 0.0215 e. The van der Waals surface area contributed by atoms with E-state index in [2.05, 4.69) is 69.2 Å². The summed E-state index contributed by atoms with van der Waals surface area (Å²) < 4.78 is 0. The zero-order chi connectivity index (χ0) is 13.9. The second kappa shape index (κ2) is 3.52. The summed E-state index contributed by atoms with van der Waals surface area (Å²) in [7, 11) is 0. The molecular weight excluding hydrogens is 204 g/mol. The Morgan fingerprint density at radius 1 is 0.471 bits per heavy atom. The van der Waals surface area contributed by atoms with Crippen LogP contribution in [0.3, 0.4) is 0 Å². The molecule has 0 radical (unpaired) electrons. The normalized spacial score (nSPS) is 42.7. The van der Waals surface area contributed by atoms with Crippen molar-refractivity contribution in [3.8, 4) is 0 Å². The number of rotatable bonds is 2. The second-order valence-corrected chi connectivity index (χ2v) is 8.25. The van der Waals surface area contributed by atoms with Gasteiger partial charge in [-0.05, 0) is 39.9 Å². The van der Waals surface area contributed by atoms with Gasteiger partial charge in [-0.1, -0.05) is 69.2 Å². The van der Waals surface area contributed by atoms with Gasteiger partial charge in [0.05, 0.1) is 0 Å². The summed E-state index contributed by atoms with van der Waals surface area (Å²) in [6, 6.07) is 0. The molecule has 1 aliphatic rings.